The molecule has 26 heavy (non-hydrogen) atoms. The van der Waals surface area contributed by atoms with E-state index in [1.54, 1.807) is 19.2 Å². The van der Waals surface area contributed by atoms with Gasteiger partial charge in [-0.05, 0) is 37.1 Å². The summed E-state index contributed by atoms with van der Waals surface area (Å²) in [5, 5.41) is 3.35. The van der Waals surface area contributed by atoms with Crippen molar-refractivity contribution < 1.29 is 9.13 Å². The summed E-state index contributed by atoms with van der Waals surface area (Å²) >= 11 is 0. The lowest BCUT2D eigenvalue weighted by molar-refractivity contribution is 0.412. The molecule has 0 spiro atoms. The normalized spacial score (nSPS) is 15.0. The van der Waals surface area contributed by atoms with Gasteiger partial charge in [0.2, 0.25) is 0 Å². The molecule has 2 aromatic rings. The third kappa shape index (κ3) is 4.52. The van der Waals surface area contributed by atoms with Gasteiger partial charge in [-0.3, -0.25) is 0 Å². The van der Waals surface area contributed by atoms with Crippen molar-refractivity contribution in [3.63, 3.8) is 0 Å². The first-order valence-corrected chi connectivity index (χ1v) is 9.39. The summed E-state index contributed by atoms with van der Waals surface area (Å²) in [4.78, 5) is 6.94. The van der Waals surface area contributed by atoms with Crippen LogP contribution in [0.5, 0.6) is 5.75 Å². The molecule has 0 bridgehead atoms. The topological polar surface area (TPSA) is 37.4 Å². The number of ether oxygens (including phenoxy) is 1. The summed E-state index contributed by atoms with van der Waals surface area (Å²) in [6.07, 6.45) is 8.24. The number of aromatic nitrogens is 1. The molecular formula is C21H28FN3O. The van der Waals surface area contributed by atoms with Gasteiger partial charge in [0.15, 0.2) is 0 Å². The van der Waals surface area contributed by atoms with Crippen LogP contribution in [0.15, 0.2) is 36.5 Å². The fourth-order valence-corrected chi connectivity index (χ4v) is 3.67. The van der Waals surface area contributed by atoms with Crippen molar-refractivity contribution >= 4 is 5.82 Å². The molecule has 1 N–H and O–H groups in total. The summed E-state index contributed by atoms with van der Waals surface area (Å²) in [6.45, 7) is 1.10. The van der Waals surface area contributed by atoms with Crippen LogP contribution >= 0.6 is 0 Å². The minimum Gasteiger partial charge on any atom is -0.497 e. The highest BCUT2D eigenvalue weighted by atomic mass is 19.1. The molecule has 0 aliphatic heterocycles. The summed E-state index contributed by atoms with van der Waals surface area (Å²) in [6, 6.07) is 9.44. The Labute approximate surface area is 155 Å². The van der Waals surface area contributed by atoms with E-state index in [0.29, 0.717) is 30.4 Å². The Bertz CT molecular complexity index is 716. The average molecular weight is 357 g/mol. The molecule has 1 saturated carbocycles. The van der Waals surface area contributed by atoms with Crippen molar-refractivity contribution in [3.05, 3.63) is 53.5 Å². The maximum Gasteiger partial charge on any atom is 0.132 e. The van der Waals surface area contributed by atoms with Crippen LogP contribution in [0.25, 0.3) is 0 Å². The molecule has 0 saturated heterocycles. The molecule has 1 aliphatic rings. The van der Waals surface area contributed by atoms with Crippen molar-refractivity contribution in [3.8, 4) is 5.75 Å². The summed E-state index contributed by atoms with van der Waals surface area (Å²) in [5.41, 5.74) is 1.75. The van der Waals surface area contributed by atoms with Gasteiger partial charge >= 0.3 is 0 Å². The van der Waals surface area contributed by atoms with Crippen molar-refractivity contribution in [1.29, 1.82) is 0 Å². The van der Waals surface area contributed by atoms with Gasteiger partial charge in [-0.25, -0.2) is 9.37 Å². The second-order valence-electron chi connectivity index (χ2n) is 6.95. The average Bonchev–Trinajstić information content (AvgIpc) is 2.70. The fourth-order valence-electron chi connectivity index (χ4n) is 3.67. The number of nitrogens with one attached hydrogen (secondary N) is 1. The second kappa shape index (κ2) is 8.99. The van der Waals surface area contributed by atoms with Crippen molar-refractivity contribution in [2.45, 2.75) is 51.2 Å². The minimum absolute atomic E-state index is 0.218. The maximum atomic E-state index is 14.0. The molecule has 140 valence electrons. The van der Waals surface area contributed by atoms with E-state index in [-0.39, 0.29) is 5.82 Å². The second-order valence-corrected chi connectivity index (χ2v) is 6.95. The quantitative estimate of drug-likeness (QED) is 0.802. The SMILES string of the molecule is COc1ccc(F)c(CNCc2cccnc2N(C)C2CCCCC2)c1. The molecule has 1 heterocycles. The van der Waals surface area contributed by atoms with Crippen LogP contribution in [0.3, 0.4) is 0 Å². The van der Waals surface area contributed by atoms with Gasteiger partial charge in [-0.1, -0.05) is 25.3 Å². The molecular weight excluding hydrogens is 329 g/mol. The smallest absolute Gasteiger partial charge is 0.132 e. The van der Waals surface area contributed by atoms with Crippen LogP contribution < -0.4 is 15.0 Å². The molecule has 1 aliphatic carbocycles. The van der Waals surface area contributed by atoms with E-state index in [1.807, 2.05) is 12.3 Å². The Balaban J connectivity index is 1.65. The minimum atomic E-state index is -0.218. The van der Waals surface area contributed by atoms with Gasteiger partial charge in [0, 0.05) is 43.5 Å². The van der Waals surface area contributed by atoms with Gasteiger partial charge in [-0.15, -0.1) is 0 Å². The molecule has 0 unspecified atom stereocenters. The number of halogens is 1. The summed E-state index contributed by atoms with van der Waals surface area (Å²) in [7, 11) is 3.73. The van der Waals surface area contributed by atoms with E-state index >= 15 is 0 Å². The predicted octanol–water partition coefficient (Wildman–Crippen LogP) is 4.29. The first-order valence-electron chi connectivity index (χ1n) is 9.39. The highest BCUT2D eigenvalue weighted by molar-refractivity contribution is 5.47. The van der Waals surface area contributed by atoms with Gasteiger partial charge in [0.25, 0.3) is 0 Å². The number of nitrogens with zero attached hydrogens (tertiary/aromatic N) is 2. The maximum absolute atomic E-state index is 14.0. The highest BCUT2D eigenvalue weighted by Gasteiger charge is 2.20. The molecule has 0 radical (unpaired) electrons. The van der Waals surface area contributed by atoms with Crippen molar-refractivity contribution in [2.75, 3.05) is 19.1 Å². The third-order valence-corrected chi connectivity index (χ3v) is 5.21. The number of hydrogen-bond acceptors (Lipinski definition) is 4. The number of methoxy groups -OCH3 is 1. The fraction of sp³-hybridized carbons (Fsp3) is 0.476. The van der Waals surface area contributed by atoms with Crippen molar-refractivity contribution in [1.82, 2.24) is 10.3 Å². The van der Waals surface area contributed by atoms with Gasteiger partial charge in [-0.2, -0.15) is 0 Å². The Hall–Kier alpha value is -2.14. The first-order chi connectivity index (χ1) is 12.7. The van der Waals surface area contributed by atoms with Crippen LogP contribution in [0.1, 0.15) is 43.2 Å². The molecule has 0 amide bonds. The van der Waals surface area contributed by atoms with Gasteiger partial charge < -0.3 is 15.0 Å². The van der Waals surface area contributed by atoms with Gasteiger partial charge in [0.05, 0.1) is 7.11 Å². The van der Waals surface area contributed by atoms with E-state index < -0.39 is 0 Å². The van der Waals surface area contributed by atoms with Crippen LogP contribution in [0.4, 0.5) is 10.2 Å². The Morgan fingerprint density at radius 3 is 2.69 bits per heavy atom. The molecule has 1 fully saturated rings. The number of anilines is 1. The van der Waals surface area contributed by atoms with Crippen LogP contribution in [-0.2, 0) is 13.1 Å². The third-order valence-electron chi connectivity index (χ3n) is 5.21. The zero-order valence-electron chi connectivity index (χ0n) is 15.7. The Kier molecular flexibility index (Phi) is 6.45. The summed E-state index contributed by atoms with van der Waals surface area (Å²) < 4.78 is 19.1. The largest absolute Gasteiger partial charge is 0.497 e. The van der Waals surface area contributed by atoms with Crippen molar-refractivity contribution in [2.24, 2.45) is 0 Å². The molecule has 1 aromatic carbocycles. The number of hydrogen-bond donors (Lipinski definition) is 1. The monoisotopic (exact) mass is 357 g/mol. The van der Waals surface area contributed by atoms with E-state index in [0.717, 1.165) is 11.4 Å². The van der Waals surface area contributed by atoms with E-state index in [1.165, 1.54) is 38.2 Å². The van der Waals surface area contributed by atoms with E-state index in [9.17, 15) is 4.39 Å². The van der Waals surface area contributed by atoms with E-state index in [2.05, 4.69) is 28.3 Å². The molecule has 3 rings (SSSR count). The lowest BCUT2D eigenvalue weighted by Crippen LogP contribution is -2.35. The lowest BCUT2D eigenvalue weighted by Gasteiger charge is -2.33. The number of benzene rings is 1. The molecule has 5 heteroatoms. The molecule has 4 nitrogen and oxygen atoms in total. The zero-order valence-corrected chi connectivity index (χ0v) is 15.7. The van der Waals surface area contributed by atoms with Crippen LogP contribution in [0, 0.1) is 5.82 Å². The first kappa shape index (κ1) is 18.6. The lowest BCUT2D eigenvalue weighted by atomic mass is 9.94. The molecule has 1 aromatic heterocycles. The van der Waals surface area contributed by atoms with Crippen LogP contribution in [0.2, 0.25) is 0 Å². The Morgan fingerprint density at radius 1 is 1.15 bits per heavy atom. The van der Waals surface area contributed by atoms with E-state index in [4.69, 9.17) is 4.74 Å². The number of rotatable bonds is 7. The standard InChI is InChI=1S/C21H28FN3O/c1-25(18-8-4-3-5-9-18)21-16(7-6-12-24-21)14-23-15-17-13-19(26-2)10-11-20(17)22/h6-7,10-13,18,23H,3-5,8-9,14-15H2,1-2H3. The summed E-state index contributed by atoms with van der Waals surface area (Å²) in [5.74, 6) is 1.48. The van der Waals surface area contributed by atoms with Gasteiger partial charge in [0.1, 0.15) is 17.4 Å². The molecule has 0 atom stereocenters. The van der Waals surface area contributed by atoms with Crippen LogP contribution in [-0.4, -0.2) is 25.2 Å². The number of pyridine rings is 1. The highest BCUT2D eigenvalue weighted by Crippen LogP contribution is 2.27. The Morgan fingerprint density at radius 2 is 1.92 bits per heavy atom. The zero-order chi connectivity index (χ0) is 18.4. The predicted molar refractivity (Wildman–Crippen MR) is 103 cm³/mol.